The molecule has 1 aromatic heterocycles. The number of halogens is 1. The molecule has 1 aliphatic heterocycles. The molecule has 0 radical (unpaired) electrons. The fraction of sp³-hybridized carbons (Fsp3) is 0.348. The number of hydrogen-bond donors (Lipinski definition) is 1. The zero-order valence-electron chi connectivity index (χ0n) is 17.5. The second-order valence-electron chi connectivity index (χ2n) is 7.99. The van der Waals surface area contributed by atoms with E-state index in [9.17, 15) is 14.0 Å². The van der Waals surface area contributed by atoms with Crippen LogP contribution in [0.3, 0.4) is 0 Å². The van der Waals surface area contributed by atoms with Crippen LogP contribution in [0.1, 0.15) is 43.3 Å². The largest absolute Gasteiger partial charge is 0.457 e. The topological polar surface area (TPSA) is 76.5 Å². The molecule has 0 saturated carbocycles. The van der Waals surface area contributed by atoms with Crippen LogP contribution in [-0.4, -0.2) is 45.9 Å². The molecule has 1 fully saturated rings. The third-order valence-electron chi connectivity index (χ3n) is 5.37. The SMILES string of the molecule is CC(C)NC(=O)N1CCC(n2c(C=O)nc3ccc(Oc4ccc(F)cc4)cc32)CC1. The first kappa shape index (κ1) is 20.8. The van der Waals surface area contributed by atoms with Gasteiger partial charge in [0.2, 0.25) is 0 Å². The smallest absolute Gasteiger partial charge is 0.317 e. The molecule has 0 aliphatic carbocycles. The number of urea groups is 1. The van der Waals surface area contributed by atoms with Crippen molar-refractivity contribution in [3.63, 3.8) is 0 Å². The number of imidazole rings is 1. The Bertz CT molecular complexity index is 1090. The van der Waals surface area contributed by atoms with Gasteiger partial charge >= 0.3 is 6.03 Å². The number of nitrogens with zero attached hydrogens (tertiary/aromatic N) is 3. The summed E-state index contributed by atoms with van der Waals surface area (Å²) in [6.07, 6.45) is 2.21. The number of amides is 2. The van der Waals surface area contributed by atoms with Gasteiger partial charge in [0.05, 0.1) is 11.0 Å². The Morgan fingerprint density at radius 2 is 1.84 bits per heavy atom. The predicted molar refractivity (Wildman–Crippen MR) is 115 cm³/mol. The quantitative estimate of drug-likeness (QED) is 0.611. The lowest BCUT2D eigenvalue weighted by Crippen LogP contribution is -2.46. The summed E-state index contributed by atoms with van der Waals surface area (Å²) in [7, 11) is 0. The van der Waals surface area contributed by atoms with Gasteiger partial charge in [0, 0.05) is 31.2 Å². The number of aromatic nitrogens is 2. The van der Waals surface area contributed by atoms with Crippen molar-refractivity contribution < 1.29 is 18.7 Å². The summed E-state index contributed by atoms with van der Waals surface area (Å²) in [6.45, 7) is 5.08. The first-order valence-corrected chi connectivity index (χ1v) is 10.4. The lowest BCUT2D eigenvalue weighted by molar-refractivity contribution is 0.110. The molecule has 1 saturated heterocycles. The van der Waals surface area contributed by atoms with Crippen molar-refractivity contribution in [2.24, 2.45) is 0 Å². The van der Waals surface area contributed by atoms with Crippen molar-refractivity contribution in [1.82, 2.24) is 19.8 Å². The number of fused-ring (bicyclic) bond motifs is 1. The summed E-state index contributed by atoms with van der Waals surface area (Å²) in [6, 6.07) is 11.3. The standard InChI is InChI=1S/C23H25FN4O3/c1-15(2)25-23(30)27-11-9-17(10-12-27)28-21-13-19(7-8-20(21)26-22(28)14-29)31-18-5-3-16(24)4-6-18/h3-8,13-15,17H,9-12H2,1-2H3,(H,25,30). The monoisotopic (exact) mass is 424 g/mol. The van der Waals surface area contributed by atoms with Crippen LogP contribution >= 0.6 is 0 Å². The minimum Gasteiger partial charge on any atom is -0.457 e. The maximum atomic E-state index is 13.1. The Hall–Kier alpha value is -3.42. The van der Waals surface area contributed by atoms with E-state index in [-0.39, 0.29) is 23.9 Å². The van der Waals surface area contributed by atoms with Gasteiger partial charge in [0.1, 0.15) is 17.3 Å². The fourth-order valence-electron chi connectivity index (χ4n) is 3.93. The first-order valence-electron chi connectivity index (χ1n) is 10.4. The van der Waals surface area contributed by atoms with E-state index >= 15 is 0 Å². The summed E-state index contributed by atoms with van der Waals surface area (Å²) >= 11 is 0. The number of piperidine rings is 1. The number of hydrogen-bond acceptors (Lipinski definition) is 4. The first-order chi connectivity index (χ1) is 14.9. The van der Waals surface area contributed by atoms with Gasteiger partial charge in [0.15, 0.2) is 12.1 Å². The van der Waals surface area contributed by atoms with E-state index in [1.54, 1.807) is 23.1 Å². The molecule has 0 bridgehead atoms. The zero-order chi connectivity index (χ0) is 22.0. The Morgan fingerprint density at radius 1 is 1.16 bits per heavy atom. The third kappa shape index (κ3) is 4.52. The van der Waals surface area contributed by atoms with Crippen LogP contribution in [0.5, 0.6) is 11.5 Å². The van der Waals surface area contributed by atoms with Crippen LogP contribution in [0.25, 0.3) is 11.0 Å². The molecule has 0 unspecified atom stereocenters. The Balaban J connectivity index is 1.57. The zero-order valence-corrected chi connectivity index (χ0v) is 17.5. The number of aldehydes is 1. The average Bonchev–Trinajstić information content (AvgIpc) is 3.13. The van der Waals surface area contributed by atoms with Gasteiger partial charge in [-0.1, -0.05) is 0 Å². The molecule has 2 heterocycles. The second-order valence-corrected chi connectivity index (χ2v) is 7.99. The highest BCUT2D eigenvalue weighted by atomic mass is 19.1. The van der Waals surface area contributed by atoms with Crippen LogP contribution in [0.4, 0.5) is 9.18 Å². The summed E-state index contributed by atoms with van der Waals surface area (Å²) < 4.78 is 20.9. The van der Waals surface area contributed by atoms with E-state index < -0.39 is 0 Å². The number of likely N-dealkylation sites (tertiary alicyclic amines) is 1. The summed E-state index contributed by atoms with van der Waals surface area (Å²) in [5.41, 5.74) is 1.50. The number of benzene rings is 2. The molecule has 162 valence electrons. The molecule has 8 heteroatoms. The van der Waals surface area contributed by atoms with Gasteiger partial charge < -0.3 is 19.5 Å². The van der Waals surface area contributed by atoms with E-state index in [0.717, 1.165) is 24.6 Å². The Morgan fingerprint density at radius 3 is 2.48 bits per heavy atom. The third-order valence-corrected chi connectivity index (χ3v) is 5.37. The van der Waals surface area contributed by atoms with E-state index in [1.165, 1.54) is 12.1 Å². The number of carbonyl (C=O) groups is 2. The van der Waals surface area contributed by atoms with Crippen molar-refractivity contribution in [3.8, 4) is 11.5 Å². The van der Waals surface area contributed by atoms with Crippen molar-refractivity contribution >= 4 is 23.4 Å². The molecule has 1 aliphatic rings. The van der Waals surface area contributed by atoms with Crippen LogP contribution in [0.2, 0.25) is 0 Å². The van der Waals surface area contributed by atoms with Crippen molar-refractivity contribution in [3.05, 3.63) is 54.1 Å². The molecule has 2 aromatic carbocycles. The molecule has 0 spiro atoms. The molecule has 1 N–H and O–H groups in total. The van der Waals surface area contributed by atoms with Gasteiger partial charge in [-0.3, -0.25) is 4.79 Å². The summed E-state index contributed by atoms with van der Waals surface area (Å²) in [5, 5.41) is 2.92. The average molecular weight is 424 g/mol. The number of nitrogens with one attached hydrogen (secondary N) is 1. The Kier molecular flexibility index (Phi) is 5.88. The predicted octanol–water partition coefficient (Wildman–Crippen LogP) is 4.54. The van der Waals surface area contributed by atoms with Crippen molar-refractivity contribution in [2.45, 2.75) is 38.8 Å². The van der Waals surface area contributed by atoms with Gasteiger partial charge in [-0.25, -0.2) is 14.2 Å². The van der Waals surface area contributed by atoms with Gasteiger partial charge in [-0.05, 0) is 63.1 Å². The number of rotatable bonds is 5. The lowest BCUT2D eigenvalue weighted by Gasteiger charge is -2.33. The highest BCUT2D eigenvalue weighted by Gasteiger charge is 2.27. The molecule has 4 rings (SSSR count). The fourth-order valence-corrected chi connectivity index (χ4v) is 3.93. The van der Waals surface area contributed by atoms with E-state index in [0.29, 0.717) is 35.9 Å². The maximum Gasteiger partial charge on any atom is 0.317 e. The van der Waals surface area contributed by atoms with Crippen molar-refractivity contribution in [1.29, 1.82) is 0 Å². The molecular formula is C23H25FN4O3. The lowest BCUT2D eigenvalue weighted by atomic mass is 10.0. The van der Waals surface area contributed by atoms with Crippen LogP contribution in [-0.2, 0) is 0 Å². The maximum absolute atomic E-state index is 13.1. The highest BCUT2D eigenvalue weighted by molar-refractivity contribution is 5.84. The van der Waals surface area contributed by atoms with Crippen LogP contribution < -0.4 is 10.1 Å². The molecule has 31 heavy (non-hydrogen) atoms. The molecule has 7 nitrogen and oxygen atoms in total. The van der Waals surface area contributed by atoms with Gasteiger partial charge in [-0.2, -0.15) is 0 Å². The molecule has 2 amide bonds. The molecule has 3 aromatic rings. The van der Waals surface area contributed by atoms with Crippen molar-refractivity contribution in [2.75, 3.05) is 13.1 Å². The second kappa shape index (κ2) is 8.75. The van der Waals surface area contributed by atoms with E-state index in [2.05, 4.69) is 10.3 Å². The molecule has 0 atom stereocenters. The van der Waals surface area contributed by atoms with Crippen LogP contribution in [0, 0.1) is 5.82 Å². The Labute approximate surface area is 179 Å². The van der Waals surface area contributed by atoms with Crippen LogP contribution in [0.15, 0.2) is 42.5 Å². The normalized spacial score (nSPS) is 14.8. The van der Waals surface area contributed by atoms with E-state index in [4.69, 9.17) is 4.74 Å². The summed E-state index contributed by atoms with van der Waals surface area (Å²) in [4.78, 5) is 30.3. The minimum absolute atomic E-state index is 0.0503. The summed E-state index contributed by atoms with van der Waals surface area (Å²) in [5.74, 6) is 1.13. The van der Waals surface area contributed by atoms with E-state index in [1.807, 2.05) is 30.5 Å². The minimum atomic E-state index is -0.329. The molecular weight excluding hydrogens is 399 g/mol. The number of ether oxygens (including phenoxy) is 1. The number of carbonyl (C=O) groups excluding carboxylic acids is 2. The van der Waals surface area contributed by atoms with Gasteiger partial charge in [-0.15, -0.1) is 0 Å². The highest BCUT2D eigenvalue weighted by Crippen LogP contribution is 2.32. The van der Waals surface area contributed by atoms with Gasteiger partial charge in [0.25, 0.3) is 0 Å².